The number of hydrogen-bond donors (Lipinski definition) is 1. The fourth-order valence-corrected chi connectivity index (χ4v) is 1.92. The number of nitrogens with two attached hydrogens (primary N) is 1. The summed E-state index contributed by atoms with van der Waals surface area (Å²) in [6.07, 6.45) is -2.89. The molecule has 0 aliphatic carbocycles. The summed E-state index contributed by atoms with van der Waals surface area (Å²) in [4.78, 5) is 0. The van der Waals surface area contributed by atoms with Crippen LogP contribution in [0.5, 0.6) is 11.5 Å². The molecule has 0 radical (unpaired) electrons. The zero-order valence-electron chi connectivity index (χ0n) is 10.2. The molecule has 1 heterocycles. The van der Waals surface area contributed by atoms with Crippen LogP contribution in [0, 0.1) is 5.92 Å². The van der Waals surface area contributed by atoms with Gasteiger partial charge in [-0.15, -0.1) is 21.2 Å². The minimum absolute atomic E-state index is 0. The van der Waals surface area contributed by atoms with Crippen LogP contribution in [0.4, 0.5) is 8.78 Å². The van der Waals surface area contributed by atoms with Gasteiger partial charge < -0.3 is 15.2 Å². The molecule has 0 aromatic heterocycles. The van der Waals surface area contributed by atoms with E-state index in [4.69, 9.17) is 5.73 Å². The lowest BCUT2D eigenvalue weighted by molar-refractivity contribution is -0.287. The van der Waals surface area contributed by atoms with E-state index in [1.54, 1.807) is 12.1 Å². The lowest BCUT2D eigenvalue weighted by Gasteiger charge is -2.16. The van der Waals surface area contributed by atoms with Crippen molar-refractivity contribution in [1.29, 1.82) is 0 Å². The molecule has 0 bridgehead atoms. The Morgan fingerprint density at radius 1 is 1.28 bits per heavy atom. The Hall–Kier alpha value is -1.07. The van der Waals surface area contributed by atoms with Crippen LogP contribution in [0.1, 0.15) is 31.9 Å². The third-order valence-electron chi connectivity index (χ3n) is 2.58. The second kappa shape index (κ2) is 5.28. The molecule has 1 aliphatic heterocycles. The molecular formula is C12H16ClF2NO2. The Balaban J connectivity index is 0.00000162. The Morgan fingerprint density at radius 2 is 1.94 bits per heavy atom. The van der Waals surface area contributed by atoms with Crippen molar-refractivity contribution in [1.82, 2.24) is 0 Å². The van der Waals surface area contributed by atoms with Gasteiger partial charge in [0.25, 0.3) is 0 Å². The van der Waals surface area contributed by atoms with Crippen molar-refractivity contribution < 1.29 is 18.3 Å². The highest BCUT2D eigenvalue weighted by molar-refractivity contribution is 5.85. The second-order valence-corrected chi connectivity index (χ2v) is 4.58. The van der Waals surface area contributed by atoms with E-state index in [-0.39, 0.29) is 29.9 Å². The molecular weight excluding hydrogens is 264 g/mol. The van der Waals surface area contributed by atoms with Crippen molar-refractivity contribution in [2.75, 3.05) is 0 Å². The first kappa shape index (κ1) is 15.0. The number of hydrogen-bond acceptors (Lipinski definition) is 3. The van der Waals surface area contributed by atoms with E-state index in [0.717, 1.165) is 0 Å². The maximum absolute atomic E-state index is 13.0. The monoisotopic (exact) mass is 279 g/mol. The van der Waals surface area contributed by atoms with Crippen molar-refractivity contribution in [3.8, 4) is 11.5 Å². The number of benzene rings is 1. The number of para-hydroxylation sites is 1. The van der Waals surface area contributed by atoms with Crippen molar-refractivity contribution in [2.24, 2.45) is 11.7 Å². The van der Waals surface area contributed by atoms with Crippen LogP contribution in [0.25, 0.3) is 0 Å². The minimum Gasteiger partial charge on any atom is -0.395 e. The molecule has 2 rings (SSSR count). The number of rotatable bonds is 3. The Morgan fingerprint density at radius 3 is 2.56 bits per heavy atom. The zero-order valence-corrected chi connectivity index (χ0v) is 11.0. The first-order valence-electron chi connectivity index (χ1n) is 5.53. The van der Waals surface area contributed by atoms with E-state index in [0.29, 0.717) is 17.9 Å². The molecule has 1 aliphatic rings. The highest BCUT2D eigenvalue weighted by Crippen LogP contribution is 2.45. The minimum atomic E-state index is -3.59. The molecule has 18 heavy (non-hydrogen) atoms. The van der Waals surface area contributed by atoms with Gasteiger partial charge in [0.1, 0.15) is 0 Å². The lowest BCUT2D eigenvalue weighted by Crippen LogP contribution is -2.26. The van der Waals surface area contributed by atoms with Gasteiger partial charge >= 0.3 is 6.29 Å². The fourth-order valence-electron chi connectivity index (χ4n) is 1.92. The molecule has 0 amide bonds. The van der Waals surface area contributed by atoms with Crippen molar-refractivity contribution >= 4 is 12.4 Å². The van der Waals surface area contributed by atoms with Crippen LogP contribution in [0.3, 0.4) is 0 Å². The van der Waals surface area contributed by atoms with Crippen molar-refractivity contribution in [2.45, 2.75) is 32.6 Å². The molecule has 1 aromatic rings. The summed E-state index contributed by atoms with van der Waals surface area (Å²) in [5.74, 6) is 0.487. The number of alkyl halides is 2. The van der Waals surface area contributed by atoms with Gasteiger partial charge in [-0.3, -0.25) is 0 Å². The quantitative estimate of drug-likeness (QED) is 0.921. The molecule has 6 heteroatoms. The number of halogens is 3. The van der Waals surface area contributed by atoms with Gasteiger partial charge in [-0.2, -0.15) is 0 Å². The van der Waals surface area contributed by atoms with Crippen molar-refractivity contribution in [3.63, 3.8) is 0 Å². The molecule has 0 unspecified atom stereocenters. The molecule has 0 saturated carbocycles. The van der Waals surface area contributed by atoms with Gasteiger partial charge in [0.2, 0.25) is 0 Å². The number of ether oxygens (including phenoxy) is 2. The fraction of sp³-hybridized carbons (Fsp3) is 0.500. The standard InChI is InChI=1S/C12H15F2NO2.ClH/c1-7(2)6-9(15)8-4-3-5-10-11(8)17-12(13,14)16-10;/h3-5,7,9H,6,15H2,1-2H3;1H/t9-;/m1./s1. The normalized spacial score (nSPS) is 17.4. The predicted octanol–water partition coefficient (Wildman–Crippen LogP) is 3.48. The van der Waals surface area contributed by atoms with E-state index in [1.165, 1.54) is 6.07 Å². The lowest BCUT2D eigenvalue weighted by atomic mass is 9.97. The highest BCUT2D eigenvalue weighted by atomic mass is 35.5. The van der Waals surface area contributed by atoms with Crippen LogP contribution in [-0.4, -0.2) is 6.29 Å². The molecule has 2 N–H and O–H groups in total. The first-order chi connectivity index (χ1) is 7.89. The second-order valence-electron chi connectivity index (χ2n) is 4.58. The van der Waals surface area contributed by atoms with Gasteiger partial charge in [-0.05, 0) is 18.4 Å². The van der Waals surface area contributed by atoms with Crippen LogP contribution >= 0.6 is 12.4 Å². The largest absolute Gasteiger partial charge is 0.586 e. The molecule has 1 atom stereocenters. The molecule has 3 nitrogen and oxygen atoms in total. The number of fused-ring (bicyclic) bond motifs is 1. The average Bonchev–Trinajstić information content (AvgIpc) is 2.49. The van der Waals surface area contributed by atoms with Crippen molar-refractivity contribution in [3.05, 3.63) is 23.8 Å². The smallest absolute Gasteiger partial charge is 0.395 e. The topological polar surface area (TPSA) is 44.5 Å². The third kappa shape index (κ3) is 3.03. The Labute approximate surface area is 111 Å². The van der Waals surface area contributed by atoms with E-state index in [2.05, 4.69) is 9.47 Å². The first-order valence-corrected chi connectivity index (χ1v) is 5.53. The summed E-state index contributed by atoms with van der Waals surface area (Å²) < 4.78 is 34.8. The Kier molecular flexibility index (Phi) is 4.40. The van der Waals surface area contributed by atoms with Gasteiger partial charge in [0, 0.05) is 11.6 Å². The van der Waals surface area contributed by atoms with Gasteiger partial charge in [0.05, 0.1) is 0 Å². The summed E-state index contributed by atoms with van der Waals surface area (Å²) in [6, 6.07) is 4.44. The SMILES string of the molecule is CC(C)C[C@@H](N)c1cccc2c1OC(F)(F)O2.Cl. The summed E-state index contributed by atoms with van der Waals surface area (Å²) in [6.45, 7) is 4.05. The third-order valence-corrected chi connectivity index (χ3v) is 2.58. The Bertz CT molecular complexity index is 427. The van der Waals surface area contributed by atoms with Gasteiger partial charge in [-0.1, -0.05) is 26.0 Å². The molecule has 0 saturated heterocycles. The van der Waals surface area contributed by atoms with Crippen LogP contribution in [-0.2, 0) is 0 Å². The molecule has 102 valence electrons. The summed E-state index contributed by atoms with van der Waals surface area (Å²) >= 11 is 0. The van der Waals surface area contributed by atoms with E-state index in [1.807, 2.05) is 13.8 Å². The van der Waals surface area contributed by atoms with E-state index in [9.17, 15) is 8.78 Å². The summed E-state index contributed by atoms with van der Waals surface area (Å²) in [7, 11) is 0. The van der Waals surface area contributed by atoms with Crippen LogP contribution in [0.2, 0.25) is 0 Å². The highest BCUT2D eigenvalue weighted by Gasteiger charge is 2.44. The van der Waals surface area contributed by atoms with Gasteiger partial charge in [-0.25, -0.2) is 0 Å². The maximum Gasteiger partial charge on any atom is 0.586 e. The summed E-state index contributed by atoms with van der Waals surface area (Å²) in [5.41, 5.74) is 6.54. The molecule has 0 spiro atoms. The molecule has 1 aromatic carbocycles. The van der Waals surface area contributed by atoms with E-state index >= 15 is 0 Å². The van der Waals surface area contributed by atoms with Crippen LogP contribution in [0.15, 0.2) is 18.2 Å². The van der Waals surface area contributed by atoms with Crippen LogP contribution < -0.4 is 15.2 Å². The zero-order chi connectivity index (χ0) is 12.6. The van der Waals surface area contributed by atoms with Gasteiger partial charge in [0.15, 0.2) is 11.5 Å². The summed E-state index contributed by atoms with van der Waals surface area (Å²) in [5, 5.41) is 0. The predicted molar refractivity (Wildman–Crippen MR) is 66.3 cm³/mol. The average molecular weight is 280 g/mol. The molecule has 0 fully saturated rings. The van der Waals surface area contributed by atoms with E-state index < -0.39 is 6.29 Å². The maximum atomic E-state index is 13.0.